The van der Waals surface area contributed by atoms with Crippen LogP contribution in [0.5, 0.6) is 0 Å². The van der Waals surface area contributed by atoms with Crippen LogP contribution < -0.4 is 5.32 Å². The third kappa shape index (κ3) is 2.97. The average Bonchev–Trinajstić information content (AvgIpc) is 2.92. The van der Waals surface area contributed by atoms with Crippen LogP contribution in [0.3, 0.4) is 0 Å². The number of rotatable bonds is 4. The predicted octanol–water partition coefficient (Wildman–Crippen LogP) is 2.88. The third-order valence-electron chi connectivity index (χ3n) is 4.34. The van der Waals surface area contributed by atoms with Crippen molar-refractivity contribution in [1.82, 2.24) is 5.32 Å². The lowest BCUT2D eigenvalue weighted by Gasteiger charge is -2.27. The highest BCUT2D eigenvalue weighted by Gasteiger charge is 2.37. The molecule has 0 saturated carbocycles. The van der Waals surface area contributed by atoms with Gasteiger partial charge in [0.1, 0.15) is 17.2 Å². The molecule has 3 rings (SSSR count). The Balaban J connectivity index is 1.74. The average molecular weight is 317 g/mol. The van der Waals surface area contributed by atoms with E-state index >= 15 is 0 Å². The third-order valence-corrected chi connectivity index (χ3v) is 4.34. The number of carbonyl (C=O) groups is 1. The molecule has 23 heavy (non-hydrogen) atoms. The summed E-state index contributed by atoms with van der Waals surface area (Å²) in [6.45, 7) is 0.185. The fourth-order valence-corrected chi connectivity index (χ4v) is 3.05. The van der Waals surface area contributed by atoms with E-state index < -0.39 is 28.7 Å². The largest absolute Gasteiger partial charge is 0.376 e. The topological polar surface area (TPSA) is 38.3 Å². The van der Waals surface area contributed by atoms with Gasteiger partial charge in [-0.3, -0.25) is 4.79 Å². The standard InChI is InChI=1S/C18H17F2NO2/c1-23-18(9-12-5-2-3-6-13(12)10-18)11-21-17(22)16-14(19)7-4-8-15(16)20/h2-8H,9-11H2,1H3,(H,21,22). The molecule has 0 bridgehead atoms. The molecule has 0 spiro atoms. The molecule has 1 N–H and O–H groups in total. The minimum Gasteiger partial charge on any atom is -0.376 e. The minimum atomic E-state index is -0.872. The van der Waals surface area contributed by atoms with E-state index in [0.29, 0.717) is 12.8 Å². The van der Waals surface area contributed by atoms with Crippen molar-refractivity contribution >= 4 is 5.91 Å². The van der Waals surface area contributed by atoms with Crippen LogP contribution in [0.25, 0.3) is 0 Å². The molecule has 2 aromatic rings. The van der Waals surface area contributed by atoms with Crippen LogP contribution in [0.15, 0.2) is 42.5 Å². The highest BCUT2D eigenvalue weighted by atomic mass is 19.1. The van der Waals surface area contributed by atoms with Gasteiger partial charge in [-0.1, -0.05) is 30.3 Å². The van der Waals surface area contributed by atoms with Gasteiger partial charge in [0, 0.05) is 26.5 Å². The molecule has 0 radical (unpaired) electrons. The van der Waals surface area contributed by atoms with Gasteiger partial charge >= 0.3 is 0 Å². The lowest BCUT2D eigenvalue weighted by atomic mass is 10.00. The van der Waals surface area contributed by atoms with E-state index in [4.69, 9.17) is 4.74 Å². The maximum atomic E-state index is 13.7. The number of halogens is 2. The Bertz CT molecular complexity index is 700. The number of amides is 1. The second-order valence-corrected chi connectivity index (χ2v) is 5.79. The number of ether oxygens (including phenoxy) is 1. The first-order chi connectivity index (χ1) is 11.0. The highest BCUT2D eigenvalue weighted by molar-refractivity contribution is 5.94. The summed E-state index contributed by atoms with van der Waals surface area (Å²) < 4.78 is 32.9. The summed E-state index contributed by atoms with van der Waals surface area (Å²) in [4.78, 5) is 12.1. The zero-order valence-corrected chi connectivity index (χ0v) is 12.7. The summed E-state index contributed by atoms with van der Waals surface area (Å²) in [6, 6.07) is 11.3. The van der Waals surface area contributed by atoms with Crippen LogP contribution >= 0.6 is 0 Å². The Morgan fingerprint density at radius 2 is 1.65 bits per heavy atom. The number of hydrogen-bond acceptors (Lipinski definition) is 2. The molecule has 0 unspecified atom stereocenters. The van der Waals surface area contributed by atoms with E-state index in [9.17, 15) is 13.6 Å². The maximum absolute atomic E-state index is 13.7. The number of fused-ring (bicyclic) bond motifs is 1. The van der Waals surface area contributed by atoms with E-state index in [1.165, 1.54) is 17.2 Å². The number of hydrogen-bond donors (Lipinski definition) is 1. The molecular weight excluding hydrogens is 300 g/mol. The fourth-order valence-electron chi connectivity index (χ4n) is 3.05. The zero-order valence-electron chi connectivity index (χ0n) is 12.7. The Hall–Kier alpha value is -2.27. The molecule has 120 valence electrons. The van der Waals surface area contributed by atoms with Crippen LogP contribution in [0.1, 0.15) is 21.5 Å². The second kappa shape index (κ2) is 6.08. The maximum Gasteiger partial charge on any atom is 0.257 e. The van der Waals surface area contributed by atoms with Gasteiger partial charge in [-0.15, -0.1) is 0 Å². The van der Waals surface area contributed by atoms with E-state index in [2.05, 4.69) is 5.32 Å². The Kier molecular flexibility index (Phi) is 4.13. The zero-order chi connectivity index (χ0) is 16.4. The molecular formula is C18H17F2NO2. The van der Waals surface area contributed by atoms with Gasteiger partial charge in [0.15, 0.2) is 0 Å². The lowest BCUT2D eigenvalue weighted by Crippen LogP contribution is -2.45. The van der Waals surface area contributed by atoms with Gasteiger partial charge in [-0.2, -0.15) is 0 Å². The highest BCUT2D eigenvalue weighted by Crippen LogP contribution is 2.32. The van der Waals surface area contributed by atoms with Crippen molar-refractivity contribution in [1.29, 1.82) is 0 Å². The summed E-state index contributed by atoms with van der Waals surface area (Å²) in [6.07, 6.45) is 1.30. The summed E-state index contributed by atoms with van der Waals surface area (Å²) in [5, 5.41) is 2.61. The number of methoxy groups -OCH3 is 1. The van der Waals surface area contributed by atoms with E-state index in [-0.39, 0.29) is 6.54 Å². The van der Waals surface area contributed by atoms with Gasteiger partial charge < -0.3 is 10.1 Å². The van der Waals surface area contributed by atoms with Crippen molar-refractivity contribution in [3.63, 3.8) is 0 Å². The van der Waals surface area contributed by atoms with Crippen LogP contribution in [0.2, 0.25) is 0 Å². The normalized spacial score (nSPS) is 15.3. The van der Waals surface area contributed by atoms with Crippen molar-refractivity contribution in [2.75, 3.05) is 13.7 Å². The van der Waals surface area contributed by atoms with Gasteiger partial charge in [-0.05, 0) is 23.3 Å². The molecule has 1 aliphatic carbocycles. The molecule has 0 heterocycles. The Morgan fingerprint density at radius 1 is 1.09 bits per heavy atom. The van der Waals surface area contributed by atoms with E-state index in [1.54, 1.807) is 7.11 Å². The molecule has 1 aliphatic rings. The van der Waals surface area contributed by atoms with Gasteiger partial charge in [0.05, 0.1) is 5.60 Å². The first kappa shape index (κ1) is 15.6. The van der Waals surface area contributed by atoms with Crippen LogP contribution in [-0.4, -0.2) is 25.2 Å². The fraction of sp³-hybridized carbons (Fsp3) is 0.278. The molecule has 2 aromatic carbocycles. The number of carbonyl (C=O) groups excluding carboxylic acids is 1. The summed E-state index contributed by atoms with van der Waals surface area (Å²) in [5.41, 5.74) is 1.19. The SMILES string of the molecule is COC1(CNC(=O)c2c(F)cccc2F)Cc2ccccc2C1. The van der Waals surface area contributed by atoms with E-state index in [1.807, 2.05) is 24.3 Å². The van der Waals surface area contributed by atoms with Crippen LogP contribution in [0, 0.1) is 11.6 Å². The van der Waals surface area contributed by atoms with Crippen molar-refractivity contribution in [3.8, 4) is 0 Å². The van der Waals surface area contributed by atoms with Crippen molar-refractivity contribution in [2.24, 2.45) is 0 Å². The van der Waals surface area contributed by atoms with Crippen LogP contribution in [0.4, 0.5) is 8.78 Å². The van der Waals surface area contributed by atoms with Crippen molar-refractivity contribution in [3.05, 3.63) is 70.8 Å². The quantitative estimate of drug-likeness (QED) is 0.942. The smallest absolute Gasteiger partial charge is 0.257 e. The summed E-state index contributed by atoms with van der Waals surface area (Å²) >= 11 is 0. The molecule has 0 saturated heterocycles. The Labute approximate surface area is 133 Å². The Morgan fingerprint density at radius 3 is 2.17 bits per heavy atom. The van der Waals surface area contributed by atoms with Gasteiger partial charge in [-0.25, -0.2) is 8.78 Å². The molecule has 1 amide bonds. The molecule has 0 aromatic heterocycles. The number of benzene rings is 2. The molecule has 3 nitrogen and oxygen atoms in total. The monoisotopic (exact) mass is 317 g/mol. The predicted molar refractivity (Wildman–Crippen MR) is 82.3 cm³/mol. The summed E-state index contributed by atoms with van der Waals surface area (Å²) in [5.74, 6) is -2.51. The second-order valence-electron chi connectivity index (χ2n) is 5.79. The lowest BCUT2D eigenvalue weighted by molar-refractivity contribution is 0.000105. The molecule has 5 heteroatoms. The van der Waals surface area contributed by atoms with Crippen LogP contribution in [-0.2, 0) is 17.6 Å². The summed E-state index contributed by atoms with van der Waals surface area (Å²) in [7, 11) is 1.59. The van der Waals surface area contributed by atoms with Gasteiger partial charge in [0.25, 0.3) is 5.91 Å². The van der Waals surface area contributed by atoms with Crippen molar-refractivity contribution in [2.45, 2.75) is 18.4 Å². The number of nitrogens with one attached hydrogen (secondary N) is 1. The molecule has 0 aliphatic heterocycles. The van der Waals surface area contributed by atoms with Gasteiger partial charge in [0.2, 0.25) is 0 Å². The first-order valence-electron chi connectivity index (χ1n) is 7.39. The molecule has 0 atom stereocenters. The minimum absolute atomic E-state index is 0.185. The first-order valence-corrected chi connectivity index (χ1v) is 7.39. The molecule has 0 fully saturated rings. The van der Waals surface area contributed by atoms with E-state index in [0.717, 1.165) is 12.1 Å². The van der Waals surface area contributed by atoms with Crippen molar-refractivity contribution < 1.29 is 18.3 Å².